The van der Waals surface area contributed by atoms with Crippen LogP contribution in [0.2, 0.25) is 0 Å². The number of nitrogens with zero attached hydrogens (tertiary/aromatic N) is 1. The number of amides is 3. The van der Waals surface area contributed by atoms with E-state index in [-0.39, 0.29) is 36.7 Å². The van der Waals surface area contributed by atoms with Gasteiger partial charge in [0.25, 0.3) is 5.91 Å². The third-order valence-corrected chi connectivity index (χ3v) is 5.81. The van der Waals surface area contributed by atoms with Crippen molar-refractivity contribution in [3.05, 3.63) is 64.7 Å². The molecule has 1 aliphatic heterocycles. The quantitative estimate of drug-likeness (QED) is 0.186. The molecule has 0 bridgehead atoms. The smallest absolute Gasteiger partial charge is 0.313 e. The van der Waals surface area contributed by atoms with E-state index in [1.54, 1.807) is 68.3 Å². The van der Waals surface area contributed by atoms with Crippen molar-refractivity contribution in [1.29, 1.82) is 0 Å². The van der Waals surface area contributed by atoms with Crippen molar-refractivity contribution in [2.24, 2.45) is 5.92 Å². The average molecular weight is 504 g/mol. The van der Waals surface area contributed by atoms with E-state index in [0.717, 1.165) is 11.8 Å². The van der Waals surface area contributed by atoms with Gasteiger partial charge in [0.15, 0.2) is 0 Å². The molecule has 3 amide bonds. The predicted octanol–water partition coefficient (Wildman–Crippen LogP) is 1.97. The summed E-state index contributed by atoms with van der Waals surface area (Å²) in [7, 11) is 1.76. The monoisotopic (exact) mass is 503 g/mol. The van der Waals surface area contributed by atoms with Crippen molar-refractivity contribution in [2.75, 3.05) is 7.05 Å². The van der Waals surface area contributed by atoms with E-state index in [1.807, 2.05) is 0 Å². The minimum atomic E-state index is -0.475. The zero-order chi connectivity index (χ0) is 26.9. The number of carbonyl (C=O) groups is 5. The molecule has 9 nitrogen and oxygen atoms in total. The first-order valence-electron chi connectivity index (χ1n) is 11.9. The molecule has 3 rings (SSSR count). The summed E-state index contributed by atoms with van der Waals surface area (Å²) in [6.07, 6.45) is 1.43. The second kappa shape index (κ2) is 12.6. The number of piperidine rings is 1. The van der Waals surface area contributed by atoms with Gasteiger partial charge in [-0.3, -0.25) is 34.2 Å². The van der Waals surface area contributed by atoms with Gasteiger partial charge in [-0.25, -0.2) is 0 Å². The predicted molar refractivity (Wildman–Crippen MR) is 135 cm³/mol. The Hall–Kier alpha value is -4.29. The summed E-state index contributed by atoms with van der Waals surface area (Å²) >= 11 is 0. The maximum atomic E-state index is 12.2. The molecule has 1 unspecified atom stereocenters. The van der Waals surface area contributed by atoms with Crippen molar-refractivity contribution in [1.82, 2.24) is 15.5 Å². The third-order valence-electron chi connectivity index (χ3n) is 5.81. The van der Waals surface area contributed by atoms with Gasteiger partial charge in [0.05, 0.1) is 12.0 Å². The van der Waals surface area contributed by atoms with Gasteiger partial charge in [-0.15, -0.1) is 0 Å². The van der Waals surface area contributed by atoms with E-state index in [4.69, 9.17) is 4.74 Å². The van der Waals surface area contributed by atoms with E-state index in [2.05, 4.69) is 22.5 Å². The number of likely N-dealkylation sites (N-methyl/N-ethyl adjacent to an activating group) is 1. The van der Waals surface area contributed by atoms with Gasteiger partial charge in [0.1, 0.15) is 12.0 Å². The second-order valence-corrected chi connectivity index (χ2v) is 9.07. The van der Waals surface area contributed by atoms with Gasteiger partial charge in [-0.1, -0.05) is 38.0 Å². The Kier molecular flexibility index (Phi) is 9.30. The summed E-state index contributed by atoms with van der Waals surface area (Å²) in [5.74, 6) is 4.03. The van der Waals surface area contributed by atoms with Gasteiger partial charge >= 0.3 is 5.97 Å². The van der Waals surface area contributed by atoms with Crippen LogP contribution in [0.5, 0.6) is 5.75 Å². The maximum Gasteiger partial charge on any atom is 0.313 e. The molecule has 0 aliphatic carbocycles. The largest absolute Gasteiger partial charge is 0.426 e. The molecule has 0 spiro atoms. The van der Waals surface area contributed by atoms with Crippen molar-refractivity contribution in [3.63, 3.8) is 0 Å². The lowest BCUT2D eigenvalue weighted by Crippen LogP contribution is -2.51. The number of esters is 1. The van der Waals surface area contributed by atoms with Gasteiger partial charge in [0, 0.05) is 36.6 Å². The summed E-state index contributed by atoms with van der Waals surface area (Å²) in [4.78, 5) is 60.8. The zero-order valence-corrected chi connectivity index (χ0v) is 21.0. The van der Waals surface area contributed by atoms with Crippen LogP contribution in [-0.4, -0.2) is 48.0 Å². The first-order valence-corrected chi connectivity index (χ1v) is 11.9. The molecule has 1 fully saturated rings. The van der Waals surface area contributed by atoms with Crippen LogP contribution in [0, 0.1) is 17.8 Å². The van der Waals surface area contributed by atoms with Gasteiger partial charge in [-0.05, 0) is 48.9 Å². The Morgan fingerprint density at radius 1 is 1.19 bits per heavy atom. The lowest BCUT2D eigenvalue weighted by atomic mass is 10.0. The number of imide groups is 1. The molecule has 2 aromatic carbocycles. The van der Waals surface area contributed by atoms with Crippen LogP contribution >= 0.6 is 0 Å². The van der Waals surface area contributed by atoms with E-state index in [0.29, 0.717) is 35.4 Å². The molecule has 1 saturated heterocycles. The van der Waals surface area contributed by atoms with Crippen molar-refractivity contribution >= 4 is 30.0 Å². The Bertz CT molecular complexity index is 1260. The highest BCUT2D eigenvalue weighted by atomic mass is 16.5. The lowest BCUT2D eigenvalue weighted by Gasteiger charge is -2.30. The van der Waals surface area contributed by atoms with Crippen LogP contribution in [0.1, 0.15) is 53.7 Å². The second-order valence-electron chi connectivity index (χ2n) is 9.07. The Balaban J connectivity index is 1.58. The van der Waals surface area contributed by atoms with Crippen LogP contribution in [0.3, 0.4) is 0 Å². The number of rotatable bonds is 8. The first-order chi connectivity index (χ1) is 17.7. The molecular formula is C28H29N3O6. The molecule has 0 saturated carbocycles. The van der Waals surface area contributed by atoms with E-state index in [1.165, 1.54) is 0 Å². The zero-order valence-electron chi connectivity index (χ0n) is 21.0. The van der Waals surface area contributed by atoms with Crippen LogP contribution in [0.25, 0.3) is 0 Å². The Labute approximate surface area is 215 Å². The lowest BCUT2D eigenvalue weighted by molar-refractivity contribution is -0.138. The number of aldehydes is 1. The van der Waals surface area contributed by atoms with Crippen LogP contribution in [-0.2, 0) is 32.3 Å². The minimum absolute atomic E-state index is 0.200. The highest BCUT2D eigenvalue weighted by Crippen LogP contribution is 2.18. The highest BCUT2D eigenvalue weighted by Gasteiger charge is 2.30. The minimum Gasteiger partial charge on any atom is -0.426 e. The first kappa shape index (κ1) is 27.3. The van der Waals surface area contributed by atoms with E-state index in [9.17, 15) is 24.0 Å². The number of nitrogens with one attached hydrogen (secondary N) is 2. The Morgan fingerprint density at radius 3 is 2.57 bits per heavy atom. The summed E-state index contributed by atoms with van der Waals surface area (Å²) in [5.41, 5.74) is 2.55. The topological polar surface area (TPSA) is 122 Å². The Morgan fingerprint density at radius 2 is 1.92 bits per heavy atom. The molecule has 2 aromatic rings. The van der Waals surface area contributed by atoms with Crippen molar-refractivity contribution in [2.45, 2.75) is 45.8 Å². The van der Waals surface area contributed by atoms with E-state index >= 15 is 0 Å². The average Bonchev–Trinajstić information content (AvgIpc) is 2.87. The number of hydrogen-bond donors (Lipinski definition) is 2. The number of benzene rings is 2. The molecule has 1 atom stereocenters. The third kappa shape index (κ3) is 7.85. The van der Waals surface area contributed by atoms with Crippen LogP contribution in [0.4, 0.5) is 0 Å². The van der Waals surface area contributed by atoms with Crippen molar-refractivity contribution < 1.29 is 28.7 Å². The van der Waals surface area contributed by atoms with Gasteiger partial charge < -0.3 is 10.1 Å². The van der Waals surface area contributed by atoms with E-state index < -0.39 is 11.9 Å². The van der Waals surface area contributed by atoms with Crippen LogP contribution in [0.15, 0.2) is 42.5 Å². The summed E-state index contributed by atoms with van der Waals surface area (Å²) in [5, 5.41) is 5.06. The molecule has 1 aliphatic rings. The van der Waals surface area contributed by atoms with Gasteiger partial charge in [-0.2, -0.15) is 0 Å². The number of hydrogen-bond acceptors (Lipinski definition) is 7. The number of carbonyl (C=O) groups excluding carboxylic acids is 5. The maximum absolute atomic E-state index is 12.2. The molecule has 0 aromatic heterocycles. The highest BCUT2D eigenvalue weighted by molar-refractivity contribution is 6.00. The molecule has 1 heterocycles. The fourth-order valence-corrected chi connectivity index (χ4v) is 3.70. The van der Waals surface area contributed by atoms with Crippen molar-refractivity contribution in [3.8, 4) is 17.6 Å². The SMILES string of the molecule is CC(C)C(=O)Oc1ccc(C#CC(=O)NCc2ccc(C=O)c(CN(C)C3CCC(=O)NC3=O)c2)cc1. The molecule has 0 radical (unpaired) electrons. The fraction of sp³-hybridized carbons (Fsp3) is 0.321. The molecule has 9 heteroatoms. The standard InChI is InChI=1S/C28H29N3O6/c1-18(2)28(36)37-23-9-5-19(6-10-23)7-12-25(33)29-15-20-4-8-21(17-32)22(14-20)16-31(3)24-11-13-26(34)30-27(24)35/h4-6,8-10,14,17-18,24H,11,13,15-16H2,1-3H3,(H,29,33)(H,30,34,35). The fourth-order valence-electron chi connectivity index (χ4n) is 3.70. The van der Waals surface area contributed by atoms with Gasteiger partial charge in [0.2, 0.25) is 11.8 Å². The summed E-state index contributed by atoms with van der Waals surface area (Å²) in [6.45, 7) is 4.02. The molecule has 192 valence electrons. The van der Waals surface area contributed by atoms with Crippen LogP contribution < -0.4 is 15.4 Å². The molecule has 37 heavy (non-hydrogen) atoms. The molecule has 2 N–H and O–H groups in total. The number of ether oxygens (including phenoxy) is 1. The molecular weight excluding hydrogens is 474 g/mol. The normalized spacial score (nSPS) is 15.0. The summed E-state index contributed by atoms with van der Waals surface area (Å²) in [6, 6.07) is 11.3. The summed E-state index contributed by atoms with van der Waals surface area (Å²) < 4.78 is 5.21.